The van der Waals surface area contributed by atoms with E-state index in [0.29, 0.717) is 11.3 Å². The molecule has 0 unspecified atom stereocenters. The number of carbonyl (C=O) groups is 1. The Kier molecular flexibility index (Phi) is 4.61. The fourth-order valence-electron chi connectivity index (χ4n) is 1.51. The van der Waals surface area contributed by atoms with Gasteiger partial charge in [0.25, 0.3) is 5.68 Å². The van der Waals surface area contributed by atoms with Gasteiger partial charge in [-0.25, -0.2) is 4.39 Å². The van der Waals surface area contributed by atoms with E-state index in [0.717, 1.165) is 0 Å². The van der Waals surface area contributed by atoms with Gasteiger partial charge in [-0.1, -0.05) is 0 Å². The van der Waals surface area contributed by atoms with Gasteiger partial charge in [0.05, 0.1) is 6.54 Å². The highest BCUT2D eigenvalue weighted by Gasteiger charge is 2.08. The number of hydrogen-bond acceptors (Lipinski definition) is 3. The summed E-state index contributed by atoms with van der Waals surface area (Å²) >= 11 is 0. The topological polar surface area (TPSA) is 59.0 Å². The van der Waals surface area contributed by atoms with Crippen LogP contribution in [0.1, 0.15) is 16.1 Å². The molecule has 0 saturated carbocycles. The van der Waals surface area contributed by atoms with Gasteiger partial charge in [-0.15, -0.1) is 17.0 Å². The average Bonchev–Trinajstić information content (AvgIpc) is 2.58. The minimum absolute atomic E-state index is 0. The average molecular weight is 315 g/mol. The summed E-state index contributed by atoms with van der Waals surface area (Å²) in [6, 6.07) is 5.32. The van der Waals surface area contributed by atoms with Gasteiger partial charge in [-0.05, 0) is 31.2 Å². The minimum Gasteiger partial charge on any atom is -0.429 e. The lowest BCUT2D eigenvalue weighted by atomic mass is 10.1. The van der Waals surface area contributed by atoms with Gasteiger partial charge in [0, 0.05) is 11.8 Å². The van der Waals surface area contributed by atoms with Crippen LogP contribution in [-0.2, 0) is 6.54 Å². The molecule has 96 valence electrons. The molecule has 2 rings (SSSR count). The van der Waals surface area contributed by atoms with Crippen LogP contribution in [0.3, 0.4) is 0 Å². The lowest BCUT2D eigenvalue weighted by molar-refractivity contribution is 0.0968. The monoisotopic (exact) mass is 314 g/mol. The van der Waals surface area contributed by atoms with Crippen molar-refractivity contribution in [1.29, 1.82) is 5.41 Å². The zero-order valence-electron chi connectivity index (χ0n) is 9.64. The first-order valence-electron chi connectivity index (χ1n) is 5.06. The van der Waals surface area contributed by atoms with Gasteiger partial charge < -0.3 is 4.42 Å². The molecule has 6 heteroatoms. The van der Waals surface area contributed by atoms with Crippen LogP contribution in [0.4, 0.5) is 4.39 Å². The number of aromatic nitrogens is 1. The number of rotatable bonds is 3. The van der Waals surface area contributed by atoms with Crippen molar-refractivity contribution in [3.63, 3.8) is 0 Å². The van der Waals surface area contributed by atoms with E-state index in [2.05, 4.69) is 0 Å². The second kappa shape index (κ2) is 5.77. The molecule has 1 aromatic heterocycles. The van der Waals surface area contributed by atoms with Crippen molar-refractivity contribution < 1.29 is 13.6 Å². The van der Waals surface area contributed by atoms with E-state index in [1.807, 2.05) is 0 Å². The summed E-state index contributed by atoms with van der Waals surface area (Å²) in [5.41, 5.74) is 0.343. The number of carbonyl (C=O) groups excluding carboxylic acids is 1. The molecule has 1 aromatic carbocycles. The summed E-state index contributed by atoms with van der Waals surface area (Å²) in [5.74, 6) is 0.000690. The van der Waals surface area contributed by atoms with E-state index in [-0.39, 0.29) is 40.8 Å². The Morgan fingerprint density at radius 1 is 1.39 bits per heavy atom. The molecular formula is C12H12BrFN2O2. The van der Waals surface area contributed by atoms with Crippen molar-refractivity contribution in [2.45, 2.75) is 13.5 Å². The third-order valence-corrected chi connectivity index (χ3v) is 2.34. The summed E-state index contributed by atoms with van der Waals surface area (Å²) in [4.78, 5) is 11.8. The van der Waals surface area contributed by atoms with E-state index < -0.39 is 0 Å². The summed E-state index contributed by atoms with van der Waals surface area (Å²) in [6.45, 7) is 1.72. The molecule has 1 N–H and O–H groups in total. The van der Waals surface area contributed by atoms with Crippen molar-refractivity contribution in [3.05, 3.63) is 53.3 Å². The lowest BCUT2D eigenvalue weighted by Gasteiger charge is -2.01. The summed E-state index contributed by atoms with van der Waals surface area (Å²) in [6.07, 6.45) is 1.59. The van der Waals surface area contributed by atoms with Crippen LogP contribution in [0.25, 0.3) is 0 Å². The number of ketones is 1. The van der Waals surface area contributed by atoms with Crippen LogP contribution in [-0.4, -0.2) is 10.4 Å². The van der Waals surface area contributed by atoms with Gasteiger partial charge >= 0.3 is 0 Å². The van der Waals surface area contributed by atoms with Gasteiger partial charge in [0.15, 0.2) is 5.78 Å². The molecule has 0 aliphatic heterocycles. The predicted octanol–water partition coefficient (Wildman–Crippen LogP) is 2.47. The number of Topliss-reactive ketones (excluding diaryl/α,β-unsaturated/α-hetero) is 1. The number of oxazole rings is 1. The van der Waals surface area contributed by atoms with Gasteiger partial charge in [0.1, 0.15) is 11.6 Å². The molecule has 0 aliphatic rings. The SMILES string of the molecule is Br.Cc1cn(CC(=O)c2ccc(F)cc2)c(=N)o1. The summed E-state index contributed by atoms with van der Waals surface area (Å²) < 4.78 is 19.1. The van der Waals surface area contributed by atoms with E-state index in [1.165, 1.54) is 28.8 Å². The number of nitrogens with zero attached hydrogens (tertiary/aromatic N) is 1. The minimum atomic E-state index is -0.380. The lowest BCUT2D eigenvalue weighted by Crippen LogP contribution is -2.19. The van der Waals surface area contributed by atoms with E-state index in [4.69, 9.17) is 9.83 Å². The van der Waals surface area contributed by atoms with Crippen LogP contribution in [0, 0.1) is 18.2 Å². The molecule has 0 bridgehead atoms. The Bertz CT molecular complexity index is 601. The Morgan fingerprint density at radius 2 is 2.00 bits per heavy atom. The number of benzene rings is 1. The number of hydrogen-bond donors (Lipinski definition) is 1. The molecule has 0 saturated heterocycles. The zero-order valence-corrected chi connectivity index (χ0v) is 11.4. The van der Waals surface area contributed by atoms with Crippen LogP contribution < -0.4 is 5.68 Å². The first-order valence-corrected chi connectivity index (χ1v) is 5.06. The number of halogens is 2. The molecule has 1 heterocycles. The second-order valence-corrected chi connectivity index (χ2v) is 3.70. The highest BCUT2D eigenvalue weighted by Crippen LogP contribution is 2.05. The highest BCUT2D eigenvalue weighted by molar-refractivity contribution is 8.93. The molecule has 0 radical (unpaired) electrons. The van der Waals surface area contributed by atoms with Crippen molar-refractivity contribution in [1.82, 2.24) is 4.57 Å². The highest BCUT2D eigenvalue weighted by atomic mass is 79.9. The van der Waals surface area contributed by atoms with Gasteiger partial charge in [-0.3, -0.25) is 14.8 Å². The van der Waals surface area contributed by atoms with E-state index in [9.17, 15) is 9.18 Å². The maximum atomic E-state index is 12.7. The van der Waals surface area contributed by atoms with Gasteiger partial charge in [0.2, 0.25) is 0 Å². The van der Waals surface area contributed by atoms with Crippen LogP contribution in [0.15, 0.2) is 34.9 Å². The molecular weight excluding hydrogens is 303 g/mol. The first-order chi connectivity index (χ1) is 8.06. The third kappa shape index (κ3) is 3.16. The Hall–Kier alpha value is -1.69. The predicted molar refractivity (Wildman–Crippen MR) is 68.3 cm³/mol. The van der Waals surface area contributed by atoms with Crippen molar-refractivity contribution in [2.75, 3.05) is 0 Å². The van der Waals surface area contributed by atoms with Crippen molar-refractivity contribution >= 4 is 22.8 Å². The first kappa shape index (κ1) is 14.4. The molecule has 0 aliphatic carbocycles. The maximum Gasteiger partial charge on any atom is 0.294 e. The smallest absolute Gasteiger partial charge is 0.294 e. The largest absolute Gasteiger partial charge is 0.429 e. The number of nitrogens with one attached hydrogen (secondary N) is 1. The van der Waals surface area contributed by atoms with Crippen molar-refractivity contribution in [3.8, 4) is 0 Å². The summed E-state index contributed by atoms with van der Waals surface area (Å²) in [7, 11) is 0. The molecule has 2 aromatic rings. The second-order valence-electron chi connectivity index (χ2n) is 3.70. The molecule has 0 spiro atoms. The molecule has 0 atom stereocenters. The maximum absolute atomic E-state index is 12.7. The van der Waals surface area contributed by atoms with Crippen LogP contribution in [0.5, 0.6) is 0 Å². The molecule has 18 heavy (non-hydrogen) atoms. The Balaban J connectivity index is 0.00000162. The van der Waals surface area contributed by atoms with E-state index in [1.54, 1.807) is 13.1 Å². The quantitative estimate of drug-likeness (QED) is 0.885. The third-order valence-electron chi connectivity index (χ3n) is 2.34. The summed E-state index contributed by atoms with van der Waals surface area (Å²) in [5, 5.41) is 7.47. The van der Waals surface area contributed by atoms with E-state index >= 15 is 0 Å². The Morgan fingerprint density at radius 3 is 2.50 bits per heavy atom. The number of aryl methyl sites for hydroxylation is 1. The van der Waals surface area contributed by atoms with Crippen LogP contribution >= 0.6 is 17.0 Å². The fourth-order valence-corrected chi connectivity index (χ4v) is 1.51. The van der Waals surface area contributed by atoms with Crippen molar-refractivity contribution in [2.24, 2.45) is 0 Å². The molecule has 4 nitrogen and oxygen atoms in total. The normalized spacial score (nSPS) is 9.89. The Labute approximate surface area is 113 Å². The molecule has 0 fully saturated rings. The molecule has 0 amide bonds. The zero-order chi connectivity index (χ0) is 12.4. The van der Waals surface area contributed by atoms with Crippen LogP contribution in [0.2, 0.25) is 0 Å². The standard InChI is InChI=1S/C12H11FN2O2.BrH/c1-8-6-15(12(14)17-8)7-11(16)9-2-4-10(13)5-3-9;/h2-6,14H,7H2,1H3;1H. The fraction of sp³-hybridized carbons (Fsp3) is 0.167. The van der Waals surface area contributed by atoms with Gasteiger partial charge in [-0.2, -0.15) is 0 Å².